The van der Waals surface area contributed by atoms with Crippen LogP contribution in [0.4, 0.5) is 5.69 Å². The summed E-state index contributed by atoms with van der Waals surface area (Å²) in [6.45, 7) is 10.4. The Hall–Kier alpha value is -3.71. The van der Waals surface area contributed by atoms with Crippen LogP contribution in [0.1, 0.15) is 27.0 Å². The van der Waals surface area contributed by atoms with Crippen molar-refractivity contribution in [2.24, 2.45) is 5.73 Å². The molecule has 2 aromatic carbocycles. The van der Waals surface area contributed by atoms with Crippen LogP contribution in [0.25, 0.3) is 33.5 Å². The van der Waals surface area contributed by atoms with E-state index < -0.39 is 5.91 Å². The van der Waals surface area contributed by atoms with Crippen molar-refractivity contribution < 1.29 is 4.79 Å². The van der Waals surface area contributed by atoms with Gasteiger partial charge in [-0.3, -0.25) is 4.79 Å². The second-order valence-corrected chi connectivity index (χ2v) is 9.22. The number of amides is 1. The van der Waals surface area contributed by atoms with Gasteiger partial charge in [0, 0.05) is 54.8 Å². The molecule has 5 rings (SSSR count). The van der Waals surface area contributed by atoms with Crippen molar-refractivity contribution in [3.8, 4) is 22.4 Å². The highest BCUT2D eigenvalue weighted by Crippen LogP contribution is 2.33. The van der Waals surface area contributed by atoms with Crippen LogP contribution in [-0.4, -0.2) is 59.0 Å². The van der Waals surface area contributed by atoms with Gasteiger partial charge in [0.15, 0.2) is 5.65 Å². The molecular weight excluding hydrogens is 424 g/mol. The van der Waals surface area contributed by atoms with Crippen LogP contribution in [0.15, 0.2) is 42.7 Å². The van der Waals surface area contributed by atoms with E-state index in [0.717, 1.165) is 70.9 Å². The average molecular weight is 455 g/mol. The molecule has 34 heavy (non-hydrogen) atoms. The molecule has 0 radical (unpaired) electrons. The Bertz CT molecular complexity index is 1400. The number of nitrogens with zero attached hydrogens (tertiary/aromatic N) is 4. The SMILES string of the molecule is Cc1cc(-c2cnc3[nH]cc(-c4ccc(C(N)=O)c(C)c4C)c3n2)ccc1N1CCN(C)CC1. The molecule has 1 aliphatic rings. The van der Waals surface area contributed by atoms with Crippen molar-refractivity contribution in [1.29, 1.82) is 0 Å². The quantitative estimate of drug-likeness (QED) is 0.485. The van der Waals surface area contributed by atoms with Gasteiger partial charge in [0.05, 0.1) is 11.9 Å². The number of benzene rings is 2. The maximum atomic E-state index is 11.7. The normalized spacial score (nSPS) is 14.6. The van der Waals surface area contributed by atoms with E-state index in [0.29, 0.717) is 5.56 Å². The molecule has 0 atom stereocenters. The minimum atomic E-state index is -0.413. The van der Waals surface area contributed by atoms with Gasteiger partial charge in [-0.05, 0) is 68.3 Å². The Labute approximate surface area is 199 Å². The second-order valence-electron chi connectivity index (χ2n) is 9.22. The lowest BCUT2D eigenvalue weighted by atomic mass is 9.94. The van der Waals surface area contributed by atoms with E-state index in [9.17, 15) is 4.79 Å². The first-order valence-corrected chi connectivity index (χ1v) is 11.6. The van der Waals surface area contributed by atoms with Gasteiger partial charge < -0.3 is 20.5 Å². The molecule has 3 N–H and O–H groups in total. The van der Waals surface area contributed by atoms with Gasteiger partial charge in [0.2, 0.25) is 5.91 Å². The van der Waals surface area contributed by atoms with Crippen molar-refractivity contribution in [2.45, 2.75) is 20.8 Å². The minimum Gasteiger partial charge on any atom is -0.369 e. The highest BCUT2D eigenvalue weighted by atomic mass is 16.1. The number of likely N-dealkylation sites (N-methyl/N-ethyl adjacent to an activating group) is 1. The number of nitrogens with one attached hydrogen (secondary N) is 1. The van der Waals surface area contributed by atoms with Crippen LogP contribution in [0.5, 0.6) is 0 Å². The molecular formula is C27H30N6O. The maximum absolute atomic E-state index is 11.7. The number of primary amides is 1. The summed E-state index contributed by atoms with van der Waals surface area (Å²) in [4.78, 5) is 29.4. The second kappa shape index (κ2) is 8.57. The topological polar surface area (TPSA) is 91.1 Å². The Kier molecular flexibility index (Phi) is 5.57. The first-order chi connectivity index (χ1) is 16.3. The third-order valence-corrected chi connectivity index (χ3v) is 7.06. The zero-order chi connectivity index (χ0) is 24.0. The predicted octanol–water partition coefficient (Wildman–Crippen LogP) is 4.07. The molecule has 3 heterocycles. The Balaban J connectivity index is 1.52. The van der Waals surface area contributed by atoms with Gasteiger partial charge in [0.1, 0.15) is 5.52 Å². The summed E-state index contributed by atoms with van der Waals surface area (Å²) in [5.74, 6) is -0.413. The van der Waals surface area contributed by atoms with E-state index in [1.54, 1.807) is 6.07 Å². The van der Waals surface area contributed by atoms with Crippen LogP contribution >= 0.6 is 0 Å². The Morgan fingerprint density at radius 1 is 1.00 bits per heavy atom. The largest absolute Gasteiger partial charge is 0.369 e. The zero-order valence-electron chi connectivity index (χ0n) is 20.1. The molecule has 1 saturated heterocycles. The van der Waals surface area contributed by atoms with Crippen LogP contribution in [0, 0.1) is 20.8 Å². The highest BCUT2D eigenvalue weighted by molar-refractivity contribution is 5.97. The van der Waals surface area contributed by atoms with E-state index in [1.165, 1.54) is 11.3 Å². The molecule has 0 aliphatic carbocycles. The number of aryl methyl sites for hydroxylation is 1. The smallest absolute Gasteiger partial charge is 0.248 e. The molecule has 7 heteroatoms. The molecule has 174 valence electrons. The molecule has 1 aliphatic heterocycles. The zero-order valence-corrected chi connectivity index (χ0v) is 20.1. The monoisotopic (exact) mass is 454 g/mol. The predicted molar refractivity (Wildman–Crippen MR) is 137 cm³/mol. The molecule has 0 saturated carbocycles. The number of rotatable bonds is 4. The van der Waals surface area contributed by atoms with Gasteiger partial charge in [-0.15, -0.1) is 0 Å². The summed E-state index contributed by atoms with van der Waals surface area (Å²) < 4.78 is 0. The van der Waals surface area contributed by atoms with E-state index in [-0.39, 0.29) is 0 Å². The number of hydrogen-bond donors (Lipinski definition) is 2. The fraction of sp³-hybridized carbons (Fsp3) is 0.296. The third-order valence-electron chi connectivity index (χ3n) is 7.06. The fourth-order valence-electron chi connectivity index (χ4n) is 4.83. The van der Waals surface area contributed by atoms with Gasteiger partial charge in [-0.25, -0.2) is 9.97 Å². The summed E-state index contributed by atoms with van der Waals surface area (Å²) in [6.07, 6.45) is 3.75. The van der Waals surface area contributed by atoms with Gasteiger partial charge in [0.25, 0.3) is 0 Å². The summed E-state index contributed by atoms with van der Waals surface area (Å²) in [5, 5.41) is 0. The van der Waals surface area contributed by atoms with Crippen LogP contribution in [0.3, 0.4) is 0 Å². The van der Waals surface area contributed by atoms with Gasteiger partial charge in [-0.1, -0.05) is 12.1 Å². The molecule has 4 aromatic rings. The Morgan fingerprint density at radius 2 is 1.76 bits per heavy atom. The molecule has 0 bridgehead atoms. The van der Waals surface area contributed by atoms with E-state index in [2.05, 4.69) is 51.9 Å². The number of aromatic amines is 1. The molecule has 7 nitrogen and oxygen atoms in total. The molecule has 1 amide bonds. The number of fused-ring (bicyclic) bond motifs is 1. The number of carbonyl (C=O) groups is 1. The van der Waals surface area contributed by atoms with Crippen LogP contribution in [0.2, 0.25) is 0 Å². The molecule has 0 spiro atoms. The van der Waals surface area contributed by atoms with E-state index >= 15 is 0 Å². The summed E-state index contributed by atoms with van der Waals surface area (Å²) in [6, 6.07) is 10.3. The van der Waals surface area contributed by atoms with E-state index in [1.807, 2.05) is 32.3 Å². The van der Waals surface area contributed by atoms with Crippen molar-refractivity contribution in [3.63, 3.8) is 0 Å². The lowest BCUT2D eigenvalue weighted by Gasteiger charge is -2.35. The number of carbonyl (C=O) groups excluding carboxylic acids is 1. The first-order valence-electron chi connectivity index (χ1n) is 11.6. The van der Waals surface area contributed by atoms with Crippen LogP contribution < -0.4 is 10.6 Å². The number of hydrogen-bond acceptors (Lipinski definition) is 5. The summed E-state index contributed by atoms with van der Waals surface area (Å²) >= 11 is 0. The average Bonchev–Trinajstić information content (AvgIpc) is 3.24. The maximum Gasteiger partial charge on any atom is 0.248 e. The highest BCUT2D eigenvalue weighted by Gasteiger charge is 2.18. The minimum absolute atomic E-state index is 0.413. The summed E-state index contributed by atoms with van der Waals surface area (Å²) in [7, 11) is 2.17. The lowest BCUT2D eigenvalue weighted by Crippen LogP contribution is -2.44. The van der Waals surface area contributed by atoms with Gasteiger partial charge in [-0.2, -0.15) is 0 Å². The number of nitrogens with two attached hydrogens (primary N) is 1. The number of H-pyrrole nitrogens is 1. The number of piperazine rings is 1. The van der Waals surface area contributed by atoms with Crippen molar-refractivity contribution in [1.82, 2.24) is 19.9 Å². The van der Waals surface area contributed by atoms with Crippen LogP contribution in [-0.2, 0) is 0 Å². The lowest BCUT2D eigenvalue weighted by molar-refractivity contribution is 0.0999. The first kappa shape index (κ1) is 22.1. The molecule has 0 unspecified atom stereocenters. The molecule has 1 fully saturated rings. The third kappa shape index (κ3) is 3.82. The van der Waals surface area contributed by atoms with Crippen molar-refractivity contribution in [3.05, 3.63) is 65.0 Å². The Morgan fingerprint density at radius 3 is 2.47 bits per heavy atom. The van der Waals surface area contributed by atoms with E-state index in [4.69, 9.17) is 10.7 Å². The van der Waals surface area contributed by atoms with Gasteiger partial charge >= 0.3 is 0 Å². The standard InChI is InChI=1S/C27H30N6O/c1-16-13-19(5-8-24(16)33-11-9-32(4)10-12-33)23-15-30-27-25(31-23)22(14-29-27)20-6-7-21(26(28)34)18(3)17(20)2/h5-8,13-15H,9-12H2,1-4H3,(H2,28,34)(H,29,30). The molecule has 2 aromatic heterocycles. The van der Waals surface area contributed by atoms with Crippen molar-refractivity contribution in [2.75, 3.05) is 38.1 Å². The number of anilines is 1. The fourth-order valence-corrected chi connectivity index (χ4v) is 4.83. The summed E-state index contributed by atoms with van der Waals surface area (Å²) in [5.41, 5.74) is 15.9. The van der Waals surface area contributed by atoms with Crippen molar-refractivity contribution >= 4 is 22.8 Å². The number of aromatic nitrogens is 3.